The minimum Gasteiger partial charge on any atom is -0.326 e. The molecule has 0 saturated heterocycles. The van der Waals surface area contributed by atoms with Gasteiger partial charge in [-0.1, -0.05) is 12.1 Å². The van der Waals surface area contributed by atoms with E-state index in [4.69, 9.17) is 5.73 Å². The summed E-state index contributed by atoms with van der Waals surface area (Å²) in [4.78, 5) is 9.99. The third-order valence-electron chi connectivity index (χ3n) is 2.90. The molecule has 0 radical (unpaired) electrons. The minimum absolute atomic E-state index is 0.00322. The van der Waals surface area contributed by atoms with Crippen LogP contribution in [0.25, 0.3) is 0 Å². The molecule has 0 fully saturated rings. The first-order valence-electron chi connectivity index (χ1n) is 5.39. The summed E-state index contributed by atoms with van der Waals surface area (Å²) in [5.41, 5.74) is 6.60. The van der Waals surface area contributed by atoms with Crippen LogP contribution in [0.3, 0.4) is 0 Å². The van der Waals surface area contributed by atoms with E-state index in [0.29, 0.717) is 6.42 Å². The van der Waals surface area contributed by atoms with Crippen molar-refractivity contribution >= 4 is 15.5 Å². The second-order valence-corrected chi connectivity index (χ2v) is 6.73. The summed E-state index contributed by atoms with van der Waals surface area (Å²) in [6.45, 7) is 1.56. The van der Waals surface area contributed by atoms with Crippen LogP contribution in [0.4, 0.5) is 5.69 Å². The predicted molar refractivity (Wildman–Crippen MR) is 69.1 cm³/mol. The number of sulfone groups is 1. The fourth-order valence-electron chi connectivity index (χ4n) is 1.51. The molecule has 2 N–H and O–H groups in total. The van der Waals surface area contributed by atoms with E-state index in [0.717, 1.165) is 11.8 Å². The Morgan fingerprint density at radius 3 is 2.22 bits per heavy atom. The van der Waals surface area contributed by atoms with Crippen molar-refractivity contribution in [2.24, 2.45) is 5.73 Å². The molecule has 0 aliphatic heterocycles. The van der Waals surface area contributed by atoms with Gasteiger partial charge in [0.05, 0.1) is 10.2 Å². The summed E-state index contributed by atoms with van der Waals surface area (Å²) in [5, 5.41) is 9.83. The van der Waals surface area contributed by atoms with Crippen molar-refractivity contribution in [1.29, 1.82) is 0 Å². The Kier molecular flexibility index (Phi) is 4.42. The van der Waals surface area contributed by atoms with E-state index < -0.39 is 26.1 Å². The fraction of sp³-hybridized carbons (Fsp3) is 0.455. The van der Waals surface area contributed by atoms with E-state index in [2.05, 4.69) is 0 Å². The maximum atomic E-state index is 11.3. The van der Waals surface area contributed by atoms with E-state index in [-0.39, 0.29) is 5.69 Å². The van der Waals surface area contributed by atoms with E-state index in [9.17, 15) is 18.5 Å². The highest BCUT2D eigenvalue weighted by atomic mass is 32.2. The first-order valence-corrected chi connectivity index (χ1v) is 7.35. The molecule has 1 aromatic rings. The molecule has 18 heavy (non-hydrogen) atoms. The molecule has 1 aromatic carbocycles. The Bertz CT molecular complexity index is 524. The standard InChI is InChI=1S/C11H16N2O4S/c1-8(18(2,16)17)11(12)7-9-3-5-10(6-4-9)13(14)15/h3-6,8,11H,7,12H2,1-2H3. The van der Waals surface area contributed by atoms with E-state index in [1.807, 2.05) is 0 Å². The van der Waals surface area contributed by atoms with Crippen LogP contribution in [-0.4, -0.2) is 30.9 Å². The average Bonchev–Trinajstić information content (AvgIpc) is 2.27. The topological polar surface area (TPSA) is 103 Å². The molecular weight excluding hydrogens is 256 g/mol. The lowest BCUT2D eigenvalue weighted by atomic mass is 10.0. The zero-order valence-electron chi connectivity index (χ0n) is 10.2. The van der Waals surface area contributed by atoms with Crippen LogP contribution < -0.4 is 5.73 Å². The van der Waals surface area contributed by atoms with Gasteiger partial charge in [0.2, 0.25) is 0 Å². The summed E-state index contributed by atoms with van der Waals surface area (Å²) in [6, 6.07) is 5.42. The molecule has 0 bridgehead atoms. The van der Waals surface area contributed by atoms with E-state index >= 15 is 0 Å². The second kappa shape index (κ2) is 5.45. The van der Waals surface area contributed by atoms with Crippen LogP contribution in [-0.2, 0) is 16.3 Å². The number of nitro benzene ring substituents is 1. The summed E-state index contributed by atoms with van der Waals surface area (Å²) < 4.78 is 22.7. The van der Waals surface area contributed by atoms with Crippen molar-refractivity contribution in [3.8, 4) is 0 Å². The Hall–Kier alpha value is -1.47. The monoisotopic (exact) mass is 272 g/mol. The lowest BCUT2D eigenvalue weighted by molar-refractivity contribution is -0.384. The second-order valence-electron chi connectivity index (χ2n) is 4.33. The SMILES string of the molecule is CC(C(N)Cc1ccc([N+](=O)[O-])cc1)S(C)(=O)=O. The first-order chi connectivity index (χ1) is 8.21. The lowest BCUT2D eigenvalue weighted by Crippen LogP contribution is -2.39. The summed E-state index contributed by atoms with van der Waals surface area (Å²) in [7, 11) is -3.18. The third-order valence-corrected chi connectivity index (χ3v) is 4.60. The summed E-state index contributed by atoms with van der Waals surface area (Å²) in [6.07, 6.45) is 1.51. The van der Waals surface area contributed by atoms with Gasteiger partial charge in [0.25, 0.3) is 5.69 Å². The van der Waals surface area contributed by atoms with Crippen LogP contribution in [0.5, 0.6) is 0 Å². The maximum Gasteiger partial charge on any atom is 0.269 e. The van der Waals surface area contributed by atoms with Crippen molar-refractivity contribution in [3.63, 3.8) is 0 Å². The molecule has 6 nitrogen and oxygen atoms in total. The van der Waals surface area contributed by atoms with Crippen molar-refractivity contribution < 1.29 is 13.3 Å². The molecule has 7 heteroatoms. The maximum absolute atomic E-state index is 11.3. The number of benzene rings is 1. The van der Waals surface area contributed by atoms with Crippen LogP contribution in [0.2, 0.25) is 0 Å². The number of nitrogens with two attached hydrogens (primary N) is 1. The van der Waals surface area contributed by atoms with Crippen molar-refractivity contribution in [3.05, 3.63) is 39.9 Å². The fourth-order valence-corrected chi connectivity index (χ4v) is 2.24. The molecule has 100 valence electrons. The molecule has 2 atom stereocenters. The van der Waals surface area contributed by atoms with E-state index in [1.165, 1.54) is 12.1 Å². The molecule has 2 unspecified atom stereocenters. The van der Waals surface area contributed by atoms with Gasteiger partial charge in [-0.2, -0.15) is 0 Å². The van der Waals surface area contributed by atoms with Gasteiger partial charge in [-0.25, -0.2) is 8.42 Å². The van der Waals surface area contributed by atoms with Gasteiger partial charge in [-0.05, 0) is 18.9 Å². The van der Waals surface area contributed by atoms with Gasteiger partial charge in [-0.3, -0.25) is 10.1 Å². The Labute approximate surface area is 106 Å². The quantitative estimate of drug-likeness (QED) is 0.633. The zero-order chi connectivity index (χ0) is 13.9. The Morgan fingerprint density at radius 2 is 1.83 bits per heavy atom. The average molecular weight is 272 g/mol. The molecule has 0 aromatic heterocycles. The van der Waals surface area contributed by atoms with E-state index in [1.54, 1.807) is 19.1 Å². The molecule has 1 rings (SSSR count). The highest BCUT2D eigenvalue weighted by Crippen LogP contribution is 2.14. The number of nitro groups is 1. The Morgan fingerprint density at radius 1 is 1.33 bits per heavy atom. The van der Waals surface area contributed by atoms with Crippen LogP contribution >= 0.6 is 0 Å². The van der Waals surface area contributed by atoms with Crippen molar-refractivity contribution in [2.75, 3.05) is 6.26 Å². The van der Waals surface area contributed by atoms with Gasteiger partial charge >= 0.3 is 0 Å². The Balaban J connectivity index is 2.76. The normalized spacial score (nSPS) is 15.1. The predicted octanol–water partition coefficient (Wildman–Crippen LogP) is 0.898. The number of rotatable bonds is 5. The van der Waals surface area contributed by atoms with Crippen molar-refractivity contribution in [1.82, 2.24) is 0 Å². The van der Waals surface area contributed by atoms with Crippen molar-refractivity contribution in [2.45, 2.75) is 24.6 Å². The first kappa shape index (κ1) is 14.6. The third kappa shape index (κ3) is 3.78. The minimum atomic E-state index is -3.18. The zero-order valence-corrected chi connectivity index (χ0v) is 11.1. The number of hydrogen-bond donors (Lipinski definition) is 1. The van der Waals surface area contributed by atoms with Crippen LogP contribution in [0.1, 0.15) is 12.5 Å². The van der Waals surface area contributed by atoms with Crippen LogP contribution in [0, 0.1) is 10.1 Å². The molecular formula is C11H16N2O4S. The van der Waals surface area contributed by atoms with Gasteiger partial charge in [-0.15, -0.1) is 0 Å². The van der Waals surface area contributed by atoms with Crippen LogP contribution in [0.15, 0.2) is 24.3 Å². The molecule has 0 spiro atoms. The van der Waals surface area contributed by atoms with Gasteiger partial charge in [0, 0.05) is 24.4 Å². The molecule has 0 heterocycles. The molecule has 0 aliphatic rings. The highest BCUT2D eigenvalue weighted by Gasteiger charge is 2.22. The van der Waals surface area contributed by atoms with Gasteiger partial charge < -0.3 is 5.73 Å². The highest BCUT2D eigenvalue weighted by molar-refractivity contribution is 7.91. The summed E-state index contributed by atoms with van der Waals surface area (Å²) >= 11 is 0. The van der Waals surface area contributed by atoms with Gasteiger partial charge in [0.15, 0.2) is 9.84 Å². The smallest absolute Gasteiger partial charge is 0.269 e. The molecule has 0 amide bonds. The summed E-state index contributed by atoms with van der Waals surface area (Å²) in [5.74, 6) is 0. The molecule has 0 aliphatic carbocycles. The number of nitrogens with zero attached hydrogens (tertiary/aromatic N) is 1. The molecule has 0 saturated carbocycles. The largest absolute Gasteiger partial charge is 0.326 e. The number of non-ortho nitro benzene ring substituents is 1. The number of hydrogen-bond acceptors (Lipinski definition) is 5. The lowest BCUT2D eigenvalue weighted by Gasteiger charge is -2.18. The van der Waals surface area contributed by atoms with Gasteiger partial charge in [0.1, 0.15) is 0 Å².